The molecule has 4 heteroatoms. The molecule has 0 aliphatic heterocycles. The third-order valence-electron chi connectivity index (χ3n) is 2.08. The fourth-order valence-electron chi connectivity index (χ4n) is 1.33. The van der Waals surface area contributed by atoms with Gasteiger partial charge in [0.25, 0.3) is 0 Å². The van der Waals surface area contributed by atoms with Gasteiger partial charge in [0.05, 0.1) is 12.5 Å². The molecule has 0 amide bonds. The molecule has 2 aromatic heterocycles. The highest BCUT2D eigenvalue weighted by atomic mass is 16.4. The van der Waals surface area contributed by atoms with Crippen molar-refractivity contribution in [3.05, 3.63) is 30.5 Å². The Kier molecular flexibility index (Phi) is 3.19. The maximum atomic E-state index is 5.53. The highest BCUT2D eigenvalue weighted by Gasteiger charge is 2.07. The molecular formula is C11H14N2O2. The summed E-state index contributed by atoms with van der Waals surface area (Å²) in [6.45, 7) is 3.92. The molecule has 0 atom stereocenters. The quantitative estimate of drug-likeness (QED) is 0.761. The minimum atomic E-state index is 0.687. The molecule has 0 saturated carbocycles. The van der Waals surface area contributed by atoms with Gasteiger partial charge in [-0.2, -0.15) is 0 Å². The summed E-state index contributed by atoms with van der Waals surface area (Å²) in [5.74, 6) is 2.14. The maximum Gasteiger partial charge on any atom is 0.196 e. The molecule has 0 unspecified atom stereocenters. The number of likely N-dealkylation sites (N-methyl/N-ethyl adjacent to an activating group) is 1. The Bertz CT molecular complexity index is 392. The van der Waals surface area contributed by atoms with Gasteiger partial charge in [-0.05, 0) is 18.7 Å². The molecule has 80 valence electrons. The standard InChI is InChI=1S/C11H14N2O2/c1-2-12-6-5-11-13-8-10(15-11)9-4-3-7-14-9/h3-4,7-8,12H,2,5-6H2,1H3. The van der Waals surface area contributed by atoms with Crippen LogP contribution in [0.15, 0.2) is 33.4 Å². The summed E-state index contributed by atoms with van der Waals surface area (Å²) in [6, 6.07) is 3.69. The minimum Gasteiger partial charge on any atom is -0.461 e. The summed E-state index contributed by atoms with van der Waals surface area (Å²) >= 11 is 0. The first-order valence-corrected chi connectivity index (χ1v) is 5.09. The van der Waals surface area contributed by atoms with Crippen molar-refractivity contribution < 1.29 is 8.83 Å². The van der Waals surface area contributed by atoms with Crippen LogP contribution in [-0.4, -0.2) is 18.1 Å². The SMILES string of the molecule is CCNCCc1ncc(-c2ccco2)o1. The molecule has 0 bridgehead atoms. The van der Waals surface area contributed by atoms with Crippen LogP contribution in [0.5, 0.6) is 0 Å². The van der Waals surface area contributed by atoms with Crippen molar-refractivity contribution in [3.8, 4) is 11.5 Å². The van der Waals surface area contributed by atoms with Gasteiger partial charge in [-0.3, -0.25) is 0 Å². The molecule has 2 aromatic rings. The van der Waals surface area contributed by atoms with E-state index in [1.165, 1.54) is 0 Å². The van der Waals surface area contributed by atoms with Crippen LogP contribution in [0.1, 0.15) is 12.8 Å². The summed E-state index contributed by atoms with van der Waals surface area (Å²) in [5, 5.41) is 3.22. The van der Waals surface area contributed by atoms with Crippen molar-refractivity contribution in [1.29, 1.82) is 0 Å². The number of oxazole rings is 1. The molecule has 0 aliphatic carbocycles. The molecular weight excluding hydrogens is 192 g/mol. The first-order chi connectivity index (χ1) is 7.40. The Labute approximate surface area is 88.3 Å². The van der Waals surface area contributed by atoms with E-state index >= 15 is 0 Å². The number of rotatable bonds is 5. The van der Waals surface area contributed by atoms with Crippen LogP contribution in [0.25, 0.3) is 11.5 Å². The van der Waals surface area contributed by atoms with E-state index in [4.69, 9.17) is 8.83 Å². The van der Waals surface area contributed by atoms with E-state index in [0.717, 1.165) is 31.2 Å². The molecule has 0 fully saturated rings. The third kappa shape index (κ3) is 2.47. The summed E-state index contributed by atoms with van der Waals surface area (Å²) in [4.78, 5) is 4.18. The van der Waals surface area contributed by atoms with Crippen LogP contribution in [0.4, 0.5) is 0 Å². The van der Waals surface area contributed by atoms with Gasteiger partial charge < -0.3 is 14.2 Å². The van der Waals surface area contributed by atoms with Crippen molar-refractivity contribution in [1.82, 2.24) is 10.3 Å². The maximum absolute atomic E-state index is 5.53. The van der Waals surface area contributed by atoms with E-state index in [2.05, 4.69) is 17.2 Å². The Morgan fingerprint density at radius 1 is 1.40 bits per heavy atom. The van der Waals surface area contributed by atoms with Gasteiger partial charge in [-0.25, -0.2) is 4.98 Å². The van der Waals surface area contributed by atoms with E-state index in [0.29, 0.717) is 5.76 Å². The first kappa shape index (κ1) is 9.98. The van der Waals surface area contributed by atoms with Gasteiger partial charge in [0.2, 0.25) is 0 Å². The van der Waals surface area contributed by atoms with E-state index in [-0.39, 0.29) is 0 Å². The van der Waals surface area contributed by atoms with Crippen LogP contribution in [-0.2, 0) is 6.42 Å². The molecule has 15 heavy (non-hydrogen) atoms. The van der Waals surface area contributed by atoms with Crippen molar-refractivity contribution in [2.24, 2.45) is 0 Å². The lowest BCUT2D eigenvalue weighted by atomic mass is 10.4. The zero-order valence-electron chi connectivity index (χ0n) is 8.69. The van der Waals surface area contributed by atoms with Crippen LogP contribution in [0.2, 0.25) is 0 Å². The van der Waals surface area contributed by atoms with Gasteiger partial charge in [-0.1, -0.05) is 6.92 Å². The lowest BCUT2D eigenvalue weighted by molar-refractivity contribution is 0.476. The highest BCUT2D eigenvalue weighted by molar-refractivity contribution is 5.47. The Hall–Kier alpha value is -1.55. The third-order valence-corrected chi connectivity index (χ3v) is 2.08. The van der Waals surface area contributed by atoms with Gasteiger partial charge >= 0.3 is 0 Å². The summed E-state index contributed by atoms with van der Waals surface area (Å²) in [6.07, 6.45) is 4.12. The fourth-order valence-corrected chi connectivity index (χ4v) is 1.33. The van der Waals surface area contributed by atoms with Gasteiger partial charge in [0.1, 0.15) is 0 Å². The second-order valence-corrected chi connectivity index (χ2v) is 3.20. The Morgan fingerprint density at radius 2 is 2.33 bits per heavy atom. The van der Waals surface area contributed by atoms with Crippen molar-refractivity contribution in [3.63, 3.8) is 0 Å². The smallest absolute Gasteiger partial charge is 0.196 e. The van der Waals surface area contributed by atoms with E-state index in [1.807, 2.05) is 12.1 Å². The Balaban J connectivity index is 1.98. The topological polar surface area (TPSA) is 51.2 Å². The molecule has 4 nitrogen and oxygen atoms in total. The zero-order valence-corrected chi connectivity index (χ0v) is 8.69. The number of nitrogens with zero attached hydrogens (tertiary/aromatic N) is 1. The molecule has 2 rings (SSSR count). The van der Waals surface area contributed by atoms with Crippen LogP contribution < -0.4 is 5.32 Å². The number of hydrogen-bond acceptors (Lipinski definition) is 4. The van der Waals surface area contributed by atoms with Gasteiger partial charge in [0.15, 0.2) is 17.4 Å². The zero-order chi connectivity index (χ0) is 10.5. The first-order valence-electron chi connectivity index (χ1n) is 5.09. The van der Waals surface area contributed by atoms with Crippen LogP contribution in [0.3, 0.4) is 0 Å². The predicted octanol–water partition coefficient (Wildman–Crippen LogP) is 2.09. The van der Waals surface area contributed by atoms with Crippen LogP contribution >= 0.6 is 0 Å². The average Bonchev–Trinajstić information content (AvgIpc) is 2.87. The fraction of sp³-hybridized carbons (Fsp3) is 0.364. The number of aromatic nitrogens is 1. The largest absolute Gasteiger partial charge is 0.461 e. The molecule has 0 aromatic carbocycles. The monoisotopic (exact) mass is 206 g/mol. The molecule has 0 spiro atoms. The summed E-state index contributed by atoms with van der Waals surface area (Å²) in [7, 11) is 0. The second kappa shape index (κ2) is 4.79. The van der Waals surface area contributed by atoms with E-state index in [1.54, 1.807) is 12.5 Å². The molecule has 2 heterocycles. The van der Waals surface area contributed by atoms with E-state index in [9.17, 15) is 0 Å². The summed E-state index contributed by atoms with van der Waals surface area (Å²) < 4.78 is 10.7. The number of furan rings is 1. The van der Waals surface area contributed by atoms with Gasteiger partial charge in [0, 0.05) is 13.0 Å². The Morgan fingerprint density at radius 3 is 3.07 bits per heavy atom. The average molecular weight is 206 g/mol. The predicted molar refractivity (Wildman–Crippen MR) is 56.5 cm³/mol. The number of hydrogen-bond donors (Lipinski definition) is 1. The van der Waals surface area contributed by atoms with Gasteiger partial charge in [-0.15, -0.1) is 0 Å². The highest BCUT2D eigenvalue weighted by Crippen LogP contribution is 2.20. The molecule has 1 N–H and O–H groups in total. The lowest BCUT2D eigenvalue weighted by Crippen LogP contribution is -2.16. The second-order valence-electron chi connectivity index (χ2n) is 3.20. The molecule has 0 radical (unpaired) electrons. The van der Waals surface area contributed by atoms with E-state index < -0.39 is 0 Å². The number of nitrogens with one attached hydrogen (secondary N) is 1. The van der Waals surface area contributed by atoms with Crippen molar-refractivity contribution in [2.45, 2.75) is 13.3 Å². The molecule has 0 saturated heterocycles. The van der Waals surface area contributed by atoms with Crippen molar-refractivity contribution in [2.75, 3.05) is 13.1 Å². The van der Waals surface area contributed by atoms with Crippen LogP contribution in [0, 0.1) is 0 Å². The molecule has 0 aliphatic rings. The minimum absolute atomic E-state index is 0.687. The van der Waals surface area contributed by atoms with Crippen molar-refractivity contribution >= 4 is 0 Å². The summed E-state index contributed by atoms with van der Waals surface area (Å²) in [5.41, 5.74) is 0. The normalized spacial score (nSPS) is 10.7. The lowest BCUT2D eigenvalue weighted by Gasteiger charge is -1.96.